The van der Waals surface area contributed by atoms with E-state index in [2.05, 4.69) is 6.07 Å². The summed E-state index contributed by atoms with van der Waals surface area (Å²) in [6.45, 7) is 4.18. The molecule has 19 heavy (non-hydrogen) atoms. The van der Waals surface area contributed by atoms with Crippen molar-refractivity contribution in [3.8, 4) is 6.07 Å². The zero-order chi connectivity index (χ0) is 13.8. The summed E-state index contributed by atoms with van der Waals surface area (Å²) in [5.41, 5.74) is 2.88. The molecule has 1 aromatic rings. The molecule has 0 spiro atoms. The first-order valence-electron chi connectivity index (χ1n) is 6.89. The minimum absolute atomic E-state index is 0.00894. The summed E-state index contributed by atoms with van der Waals surface area (Å²) in [6, 6.07) is 8.16. The fraction of sp³-hybridized carbons (Fsp3) is 0.500. The maximum Gasteiger partial charge on any atom is 0.255 e. The number of amides is 1. The Bertz CT molecular complexity index is 510. The smallest absolute Gasteiger partial charge is 0.255 e. The summed E-state index contributed by atoms with van der Waals surface area (Å²) in [7, 11) is 0. The summed E-state index contributed by atoms with van der Waals surface area (Å²) in [6.07, 6.45) is 4.37. The number of nitrogens with zero attached hydrogens (tertiary/aromatic N) is 2. The fourth-order valence-electron chi connectivity index (χ4n) is 2.80. The highest BCUT2D eigenvalue weighted by Crippen LogP contribution is 2.25. The lowest BCUT2D eigenvalue weighted by Crippen LogP contribution is -2.39. The summed E-state index contributed by atoms with van der Waals surface area (Å²) in [5, 5.41) is 8.97. The third-order valence-electron chi connectivity index (χ3n) is 4.10. The highest BCUT2D eigenvalue weighted by Gasteiger charge is 2.27. The van der Waals surface area contributed by atoms with Gasteiger partial charge in [0.25, 0.3) is 5.91 Å². The molecule has 0 unspecified atom stereocenters. The van der Waals surface area contributed by atoms with Crippen molar-refractivity contribution in [2.75, 3.05) is 6.54 Å². The van der Waals surface area contributed by atoms with Gasteiger partial charge in [-0.25, -0.2) is 0 Å². The minimum atomic E-state index is 0.00894. The molecule has 1 saturated carbocycles. The second-order valence-electron chi connectivity index (χ2n) is 5.28. The van der Waals surface area contributed by atoms with Gasteiger partial charge >= 0.3 is 0 Å². The summed E-state index contributed by atoms with van der Waals surface area (Å²) < 4.78 is 0. The molecule has 0 atom stereocenters. The Morgan fingerprint density at radius 1 is 1.37 bits per heavy atom. The number of carbonyl (C=O) groups is 1. The van der Waals surface area contributed by atoms with Gasteiger partial charge in [0.1, 0.15) is 6.54 Å². The first kappa shape index (κ1) is 13.6. The van der Waals surface area contributed by atoms with Gasteiger partial charge in [-0.05, 0) is 43.9 Å². The largest absolute Gasteiger partial charge is 0.322 e. The van der Waals surface area contributed by atoms with E-state index in [-0.39, 0.29) is 18.5 Å². The van der Waals surface area contributed by atoms with Crippen LogP contribution in [0.25, 0.3) is 0 Å². The zero-order valence-electron chi connectivity index (χ0n) is 11.6. The van der Waals surface area contributed by atoms with E-state index < -0.39 is 0 Å². The lowest BCUT2D eigenvalue weighted by molar-refractivity contribution is 0.0708. The van der Waals surface area contributed by atoms with Crippen molar-refractivity contribution >= 4 is 5.91 Å². The van der Waals surface area contributed by atoms with E-state index in [4.69, 9.17) is 5.26 Å². The maximum absolute atomic E-state index is 12.7. The molecule has 1 aromatic carbocycles. The van der Waals surface area contributed by atoms with Crippen LogP contribution in [0.5, 0.6) is 0 Å². The van der Waals surface area contributed by atoms with E-state index in [0.717, 1.165) is 42.4 Å². The maximum atomic E-state index is 12.7. The summed E-state index contributed by atoms with van der Waals surface area (Å²) >= 11 is 0. The predicted molar refractivity (Wildman–Crippen MR) is 74.8 cm³/mol. The molecule has 2 rings (SSSR count). The molecule has 0 radical (unpaired) electrons. The zero-order valence-corrected chi connectivity index (χ0v) is 11.6. The van der Waals surface area contributed by atoms with Crippen LogP contribution in [-0.4, -0.2) is 23.4 Å². The summed E-state index contributed by atoms with van der Waals surface area (Å²) in [5.74, 6) is 0.00894. The first-order valence-corrected chi connectivity index (χ1v) is 6.89. The van der Waals surface area contributed by atoms with Crippen LogP contribution in [0.4, 0.5) is 0 Å². The lowest BCUT2D eigenvalue weighted by atomic mass is 10.0. The second-order valence-corrected chi connectivity index (χ2v) is 5.28. The van der Waals surface area contributed by atoms with Crippen LogP contribution in [-0.2, 0) is 0 Å². The standard InChI is InChI=1S/C16H20N2O/c1-12-6-5-9-15(13(12)2)16(19)18(11-10-17)14-7-3-4-8-14/h5-6,9,14H,3-4,7-8,11H2,1-2H3. The van der Waals surface area contributed by atoms with E-state index in [0.29, 0.717) is 0 Å². The highest BCUT2D eigenvalue weighted by atomic mass is 16.2. The fourth-order valence-corrected chi connectivity index (χ4v) is 2.80. The molecule has 3 heteroatoms. The number of aryl methyl sites for hydroxylation is 1. The number of nitriles is 1. The Morgan fingerprint density at radius 2 is 2.05 bits per heavy atom. The Morgan fingerprint density at radius 3 is 2.68 bits per heavy atom. The highest BCUT2D eigenvalue weighted by molar-refractivity contribution is 5.96. The topological polar surface area (TPSA) is 44.1 Å². The molecule has 0 aliphatic heterocycles. The third kappa shape index (κ3) is 2.78. The second kappa shape index (κ2) is 5.88. The molecular formula is C16H20N2O. The molecule has 0 saturated heterocycles. The number of rotatable bonds is 3. The molecule has 0 bridgehead atoms. The molecule has 100 valence electrons. The molecule has 1 fully saturated rings. The first-order chi connectivity index (χ1) is 9.15. The summed E-state index contributed by atoms with van der Waals surface area (Å²) in [4.78, 5) is 14.4. The van der Waals surface area contributed by atoms with Gasteiger partial charge in [0.15, 0.2) is 0 Å². The van der Waals surface area contributed by atoms with Crippen molar-refractivity contribution in [2.24, 2.45) is 0 Å². The van der Waals surface area contributed by atoms with Crippen molar-refractivity contribution in [1.82, 2.24) is 4.90 Å². The Kier molecular flexibility index (Phi) is 4.21. The molecule has 0 aromatic heterocycles. The van der Waals surface area contributed by atoms with Gasteiger partial charge in [-0.2, -0.15) is 5.26 Å². The average molecular weight is 256 g/mol. The van der Waals surface area contributed by atoms with Crippen LogP contribution < -0.4 is 0 Å². The molecule has 1 amide bonds. The van der Waals surface area contributed by atoms with Gasteiger partial charge in [0.2, 0.25) is 0 Å². The number of benzene rings is 1. The van der Waals surface area contributed by atoms with Crippen molar-refractivity contribution in [3.63, 3.8) is 0 Å². The van der Waals surface area contributed by atoms with Gasteiger partial charge in [-0.3, -0.25) is 4.79 Å². The van der Waals surface area contributed by atoms with Crippen LogP contribution in [0.3, 0.4) is 0 Å². The van der Waals surface area contributed by atoms with Crippen LogP contribution in [0.1, 0.15) is 47.2 Å². The molecule has 0 N–H and O–H groups in total. The lowest BCUT2D eigenvalue weighted by Gasteiger charge is -2.27. The van der Waals surface area contributed by atoms with Gasteiger partial charge in [0.05, 0.1) is 6.07 Å². The number of carbonyl (C=O) groups excluding carboxylic acids is 1. The molecule has 0 heterocycles. The van der Waals surface area contributed by atoms with Crippen molar-refractivity contribution in [1.29, 1.82) is 5.26 Å². The molecule has 3 nitrogen and oxygen atoms in total. The third-order valence-corrected chi connectivity index (χ3v) is 4.10. The van der Waals surface area contributed by atoms with E-state index in [1.807, 2.05) is 32.0 Å². The SMILES string of the molecule is Cc1cccc(C(=O)N(CC#N)C2CCCC2)c1C. The number of hydrogen-bond acceptors (Lipinski definition) is 2. The Hall–Kier alpha value is -1.82. The normalized spacial score (nSPS) is 15.2. The van der Waals surface area contributed by atoms with Gasteiger partial charge in [-0.15, -0.1) is 0 Å². The van der Waals surface area contributed by atoms with Gasteiger partial charge < -0.3 is 4.90 Å². The van der Waals surface area contributed by atoms with E-state index >= 15 is 0 Å². The monoisotopic (exact) mass is 256 g/mol. The van der Waals surface area contributed by atoms with Crippen LogP contribution in [0, 0.1) is 25.2 Å². The Labute approximate surface area is 114 Å². The van der Waals surface area contributed by atoms with Crippen molar-refractivity contribution < 1.29 is 4.79 Å². The number of hydrogen-bond donors (Lipinski definition) is 0. The van der Waals surface area contributed by atoms with E-state index in [9.17, 15) is 4.79 Å². The minimum Gasteiger partial charge on any atom is -0.322 e. The quantitative estimate of drug-likeness (QED) is 0.779. The van der Waals surface area contributed by atoms with Crippen molar-refractivity contribution in [3.05, 3.63) is 34.9 Å². The predicted octanol–water partition coefficient (Wildman–Crippen LogP) is 3.21. The van der Waals surface area contributed by atoms with Crippen LogP contribution in [0.15, 0.2) is 18.2 Å². The van der Waals surface area contributed by atoms with Crippen molar-refractivity contribution in [2.45, 2.75) is 45.6 Å². The van der Waals surface area contributed by atoms with Gasteiger partial charge in [-0.1, -0.05) is 25.0 Å². The van der Waals surface area contributed by atoms with Gasteiger partial charge in [0, 0.05) is 11.6 Å². The molecule has 1 aliphatic rings. The van der Waals surface area contributed by atoms with Crippen LogP contribution in [0.2, 0.25) is 0 Å². The van der Waals surface area contributed by atoms with E-state index in [1.165, 1.54) is 0 Å². The van der Waals surface area contributed by atoms with E-state index in [1.54, 1.807) is 4.90 Å². The van der Waals surface area contributed by atoms with Crippen LogP contribution >= 0.6 is 0 Å². The molecule has 1 aliphatic carbocycles. The molecular weight excluding hydrogens is 236 g/mol. The average Bonchev–Trinajstić information content (AvgIpc) is 2.92. The Balaban J connectivity index is 2.28.